The lowest BCUT2D eigenvalue weighted by atomic mass is 10.1. The van der Waals surface area contributed by atoms with Crippen LogP contribution in [-0.2, 0) is 11.2 Å². The van der Waals surface area contributed by atoms with Gasteiger partial charge in [0.25, 0.3) is 0 Å². The molecule has 2 N–H and O–H groups in total. The number of hydrogen-bond donors (Lipinski definition) is 2. The summed E-state index contributed by atoms with van der Waals surface area (Å²) >= 11 is 0. The van der Waals surface area contributed by atoms with Gasteiger partial charge in [-0.1, -0.05) is 18.2 Å². The minimum Gasteiger partial charge on any atom is -0.358 e. The molecule has 1 aromatic carbocycles. The highest BCUT2D eigenvalue weighted by Gasteiger charge is 2.10. The monoisotopic (exact) mass is 244 g/mol. The maximum absolute atomic E-state index is 11.7. The molecule has 0 unspecified atom stereocenters. The van der Waals surface area contributed by atoms with E-state index < -0.39 is 0 Å². The number of aryl methyl sites for hydroxylation is 2. The molecule has 0 atom stereocenters. The average molecular weight is 244 g/mol. The largest absolute Gasteiger partial charge is 0.358 e. The zero-order chi connectivity index (χ0) is 13.1. The van der Waals surface area contributed by atoms with Crippen LogP contribution in [0, 0.1) is 6.92 Å². The first-order chi connectivity index (χ1) is 8.58. The molecule has 2 aromatic rings. The molecule has 0 radical (unpaired) electrons. The van der Waals surface area contributed by atoms with Crippen LogP contribution in [0.1, 0.15) is 31.5 Å². The van der Waals surface area contributed by atoms with Crippen LogP contribution in [0.4, 0.5) is 0 Å². The van der Waals surface area contributed by atoms with Crippen LogP contribution < -0.4 is 5.32 Å². The Morgan fingerprint density at radius 3 is 2.78 bits per heavy atom. The Balaban J connectivity index is 2.12. The lowest BCUT2D eigenvalue weighted by Gasteiger charge is -2.08. The molecule has 1 aromatic heterocycles. The van der Waals surface area contributed by atoms with Crippen molar-refractivity contribution in [2.45, 2.75) is 39.7 Å². The average Bonchev–Trinajstić information content (AvgIpc) is 2.61. The van der Waals surface area contributed by atoms with Gasteiger partial charge in [0.15, 0.2) is 0 Å². The fourth-order valence-corrected chi connectivity index (χ4v) is 2.29. The molecule has 0 spiro atoms. The number of rotatable bonds is 4. The number of aromatic nitrogens is 1. The first-order valence-corrected chi connectivity index (χ1v) is 6.43. The van der Waals surface area contributed by atoms with E-state index in [2.05, 4.69) is 29.4 Å². The predicted molar refractivity (Wildman–Crippen MR) is 74.6 cm³/mol. The van der Waals surface area contributed by atoms with Crippen LogP contribution >= 0.6 is 0 Å². The first kappa shape index (κ1) is 12.7. The number of benzene rings is 1. The summed E-state index contributed by atoms with van der Waals surface area (Å²) in [6.07, 6.45) is 1.33. The van der Waals surface area contributed by atoms with E-state index >= 15 is 0 Å². The van der Waals surface area contributed by atoms with Gasteiger partial charge in [-0.3, -0.25) is 4.79 Å². The Kier molecular flexibility index (Phi) is 3.70. The molecule has 0 aliphatic rings. The van der Waals surface area contributed by atoms with Gasteiger partial charge in [0.1, 0.15) is 0 Å². The third-order valence-corrected chi connectivity index (χ3v) is 3.08. The second-order valence-corrected chi connectivity index (χ2v) is 5.00. The quantitative estimate of drug-likeness (QED) is 0.853. The Morgan fingerprint density at radius 1 is 1.33 bits per heavy atom. The predicted octanol–water partition coefficient (Wildman–Crippen LogP) is 2.93. The van der Waals surface area contributed by atoms with Crippen LogP contribution in [0.5, 0.6) is 0 Å². The summed E-state index contributed by atoms with van der Waals surface area (Å²) < 4.78 is 0. The van der Waals surface area contributed by atoms with Gasteiger partial charge in [0.2, 0.25) is 5.91 Å². The second-order valence-electron chi connectivity index (χ2n) is 5.00. The number of amides is 1. The number of para-hydroxylation sites is 1. The maximum atomic E-state index is 11.7. The number of nitrogens with one attached hydrogen (secondary N) is 2. The summed E-state index contributed by atoms with van der Waals surface area (Å²) in [5.74, 6) is 0.120. The van der Waals surface area contributed by atoms with Crippen LogP contribution in [0.25, 0.3) is 10.9 Å². The Labute approximate surface area is 108 Å². The summed E-state index contributed by atoms with van der Waals surface area (Å²) in [6, 6.07) is 8.44. The van der Waals surface area contributed by atoms with Crippen molar-refractivity contribution in [1.29, 1.82) is 0 Å². The van der Waals surface area contributed by atoms with Crippen molar-refractivity contribution in [3.63, 3.8) is 0 Å². The summed E-state index contributed by atoms with van der Waals surface area (Å²) in [6.45, 7) is 6.03. The minimum absolute atomic E-state index is 0.120. The molecule has 96 valence electrons. The molecule has 0 saturated carbocycles. The van der Waals surface area contributed by atoms with Crippen molar-refractivity contribution in [1.82, 2.24) is 10.3 Å². The van der Waals surface area contributed by atoms with E-state index in [-0.39, 0.29) is 11.9 Å². The van der Waals surface area contributed by atoms with Crippen molar-refractivity contribution in [3.8, 4) is 0 Å². The van der Waals surface area contributed by atoms with Gasteiger partial charge >= 0.3 is 0 Å². The molecule has 1 amide bonds. The van der Waals surface area contributed by atoms with E-state index in [1.54, 1.807) is 0 Å². The topological polar surface area (TPSA) is 44.9 Å². The molecule has 18 heavy (non-hydrogen) atoms. The highest BCUT2D eigenvalue weighted by molar-refractivity contribution is 5.85. The van der Waals surface area contributed by atoms with E-state index in [0.29, 0.717) is 6.42 Å². The third kappa shape index (κ3) is 2.73. The summed E-state index contributed by atoms with van der Waals surface area (Å²) in [4.78, 5) is 15.0. The normalized spacial score (nSPS) is 11.1. The van der Waals surface area contributed by atoms with Crippen molar-refractivity contribution < 1.29 is 4.79 Å². The molecule has 0 saturated heterocycles. The van der Waals surface area contributed by atoms with Gasteiger partial charge in [-0.2, -0.15) is 0 Å². The van der Waals surface area contributed by atoms with Gasteiger partial charge in [-0.05, 0) is 38.8 Å². The van der Waals surface area contributed by atoms with E-state index in [1.165, 1.54) is 10.9 Å². The smallest absolute Gasteiger partial charge is 0.220 e. The fraction of sp³-hybridized carbons (Fsp3) is 0.400. The van der Waals surface area contributed by atoms with Crippen molar-refractivity contribution in [2.75, 3.05) is 0 Å². The van der Waals surface area contributed by atoms with Gasteiger partial charge < -0.3 is 10.3 Å². The molecular formula is C15H20N2O. The lowest BCUT2D eigenvalue weighted by Crippen LogP contribution is -2.30. The highest BCUT2D eigenvalue weighted by Crippen LogP contribution is 2.22. The third-order valence-electron chi connectivity index (χ3n) is 3.08. The van der Waals surface area contributed by atoms with Gasteiger partial charge in [0, 0.05) is 29.1 Å². The number of carbonyl (C=O) groups is 1. The molecule has 0 aliphatic heterocycles. The van der Waals surface area contributed by atoms with E-state index in [4.69, 9.17) is 0 Å². The van der Waals surface area contributed by atoms with E-state index in [9.17, 15) is 4.79 Å². The van der Waals surface area contributed by atoms with Gasteiger partial charge in [0.05, 0.1) is 0 Å². The van der Waals surface area contributed by atoms with Crippen LogP contribution in [0.2, 0.25) is 0 Å². The molecule has 1 heterocycles. The minimum atomic E-state index is 0.120. The van der Waals surface area contributed by atoms with E-state index in [1.807, 2.05) is 26.0 Å². The molecule has 0 aliphatic carbocycles. The van der Waals surface area contributed by atoms with Gasteiger partial charge in [-0.15, -0.1) is 0 Å². The molecule has 0 fully saturated rings. The number of H-pyrrole nitrogens is 1. The van der Waals surface area contributed by atoms with E-state index in [0.717, 1.165) is 17.6 Å². The highest BCUT2D eigenvalue weighted by atomic mass is 16.1. The van der Waals surface area contributed by atoms with Crippen molar-refractivity contribution >= 4 is 16.8 Å². The molecule has 3 nitrogen and oxygen atoms in total. The Morgan fingerprint density at radius 2 is 2.06 bits per heavy atom. The first-order valence-electron chi connectivity index (χ1n) is 6.43. The zero-order valence-electron chi connectivity index (χ0n) is 11.2. The standard InChI is InChI=1S/C15H20N2O/c1-10(2)16-15(18)9-8-12-11(3)17-14-7-5-4-6-13(12)14/h4-7,10,17H,8-9H2,1-3H3,(H,16,18). The summed E-state index contributed by atoms with van der Waals surface area (Å²) in [5.41, 5.74) is 3.56. The molecular weight excluding hydrogens is 224 g/mol. The molecule has 3 heteroatoms. The van der Waals surface area contributed by atoms with Gasteiger partial charge in [-0.25, -0.2) is 0 Å². The maximum Gasteiger partial charge on any atom is 0.220 e. The van der Waals surface area contributed by atoms with Crippen LogP contribution in [0.3, 0.4) is 0 Å². The van der Waals surface area contributed by atoms with Crippen LogP contribution in [0.15, 0.2) is 24.3 Å². The second kappa shape index (κ2) is 5.25. The van der Waals surface area contributed by atoms with Crippen molar-refractivity contribution in [3.05, 3.63) is 35.5 Å². The van der Waals surface area contributed by atoms with Crippen LogP contribution in [-0.4, -0.2) is 16.9 Å². The SMILES string of the molecule is Cc1[nH]c2ccccc2c1CCC(=O)NC(C)C. The zero-order valence-corrected chi connectivity index (χ0v) is 11.2. The Hall–Kier alpha value is -1.77. The number of aromatic amines is 1. The molecule has 0 bridgehead atoms. The van der Waals surface area contributed by atoms with Crippen molar-refractivity contribution in [2.24, 2.45) is 0 Å². The molecule has 2 rings (SSSR count). The lowest BCUT2D eigenvalue weighted by molar-refractivity contribution is -0.121. The summed E-state index contributed by atoms with van der Waals surface area (Å²) in [7, 11) is 0. The fourth-order valence-electron chi connectivity index (χ4n) is 2.29. The Bertz CT molecular complexity index is 555. The number of fused-ring (bicyclic) bond motifs is 1. The number of carbonyl (C=O) groups excluding carboxylic acids is 1. The number of hydrogen-bond acceptors (Lipinski definition) is 1. The summed E-state index contributed by atoms with van der Waals surface area (Å²) in [5, 5.41) is 4.15.